The third kappa shape index (κ3) is 1.96. The van der Waals surface area contributed by atoms with Gasteiger partial charge in [0.05, 0.1) is 11.8 Å². The minimum absolute atomic E-state index is 0.0229. The summed E-state index contributed by atoms with van der Waals surface area (Å²) in [6, 6.07) is 0. The monoisotopic (exact) mass is 195 g/mol. The number of ether oxygens (including phenoxy) is 1. The van der Waals surface area contributed by atoms with E-state index in [0.717, 1.165) is 32.4 Å². The van der Waals surface area contributed by atoms with Gasteiger partial charge in [-0.3, -0.25) is 5.10 Å². The molecule has 0 atom stereocenters. The largest absolute Gasteiger partial charge is 0.378 e. The second-order valence-electron chi connectivity index (χ2n) is 3.92. The van der Waals surface area contributed by atoms with Crippen LogP contribution in [0, 0.1) is 0 Å². The zero-order valence-corrected chi connectivity index (χ0v) is 8.55. The number of H-pyrrole nitrogens is 1. The summed E-state index contributed by atoms with van der Waals surface area (Å²) in [6.45, 7) is 2.09. The third-order valence-corrected chi connectivity index (χ3v) is 3.03. The Labute approximate surface area is 84.0 Å². The lowest BCUT2D eigenvalue weighted by Crippen LogP contribution is -2.44. The highest BCUT2D eigenvalue weighted by Gasteiger charge is 2.32. The number of aromatic amines is 1. The Hall–Kier alpha value is -0.870. The molecule has 2 N–H and O–H groups in total. The van der Waals surface area contributed by atoms with Crippen LogP contribution in [0.2, 0.25) is 0 Å². The van der Waals surface area contributed by atoms with Crippen LogP contribution < -0.4 is 5.32 Å². The minimum Gasteiger partial charge on any atom is -0.378 e. The van der Waals surface area contributed by atoms with Crippen molar-refractivity contribution in [3.8, 4) is 0 Å². The van der Waals surface area contributed by atoms with E-state index >= 15 is 0 Å². The van der Waals surface area contributed by atoms with Crippen LogP contribution >= 0.6 is 0 Å². The van der Waals surface area contributed by atoms with E-state index in [2.05, 4.69) is 15.5 Å². The van der Waals surface area contributed by atoms with Crippen molar-refractivity contribution in [1.82, 2.24) is 15.5 Å². The van der Waals surface area contributed by atoms with Crippen LogP contribution in [-0.4, -0.2) is 36.0 Å². The summed E-state index contributed by atoms with van der Waals surface area (Å²) in [5.41, 5.74) is 1.25. The number of aromatic nitrogens is 2. The third-order valence-electron chi connectivity index (χ3n) is 3.03. The van der Waals surface area contributed by atoms with E-state index in [1.807, 2.05) is 19.5 Å². The predicted octanol–water partition coefficient (Wildman–Crippen LogP) is 0.721. The maximum Gasteiger partial charge on any atom is 0.0744 e. The first kappa shape index (κ1) is 9.68. The zero-order chi connectivity index (χ0) is 9.86. The van der Waals surface area contributed by atoms with E-state index in [0.29, 0.717) is 0 Å². The highest BCUT2D eigenvalue weighted by molar-refractivity contribution is 5.08. The Morgan fingerprint density at radius 1 is 1.50 bits per heavy atom. The fraction of sp³-hybridized carbons (Fsp3) is 0.700. The van der Waals surface area contributed by atoms with E-state index in [-0.39, 0.29) is 5.60 Å². The van der Waals surface area contributed by atoms with Gasteiger partial charge in [-0.1, -0.05) is 0 Å². The van der Waals surface area contributed by atoms with Crippen LogP contribution in [0.1, 0.15) is 18.4 Å². The number of nitrogens with zero attached hydrogens (tertiary/aromatic N) is 1. The van der Waals surface area contributed by atoms with Gasteiger partial charge in [0.2, 0.25) is 0 Å². The van der Waals surface area contributed by atoms with Crippen LogP contribution in [0.3, 0.4) is 0 Å². The minimum atomic E-state index is 0.0229. The molecule has 1 aromatic rings. The van der Waals surface area contributed by atoms with E-state index < -0.39 is 0 Å². The number of rotatable bonds is 3. The number of nitrogens with one attached hydrogen (secondary N) is 2. The molecule has 1 aliphatic heterocycles. The molecule has 78 valence electrons. The van der Waals surface area contributed by atoms with Crippen LogP contribution in [0.15, 0.2) is 12.4 Å². The SMILES string of the molecule is COC1(Cc2cn[nH]c2)CCNCC1. The van der Waals surface area contributed by atoms with Crippen LogP contribution in [-0.2, 0) is 11.2 Å². The van der Waals surface area contributed by atoms with E-state index in [1.54, 1.807) is 0 Å². The first-order valence-electron chi connectivity index (χ1n) is 5.08. The Kier molecular flexibility index (Phi) is 2.84. The summed E-state index contributed by atoms with van der Waals surface area (Å²) >= 11 is 0. The van der Waals surface area contributed by atoms with Crippen LogP contribution in [0.25, 0.3) is 0 Å². The number of methoxy groups -OCH3 is 1. The molecule has 14 heavy (non-hydrogen) atoms. The molecule has 0 aliphatic carbocycles. The Bertz CT molecular complexity index is 265. The van der Waals surface area contributed by atoms with Crippen molar-refractivity contribution < 1.29 is 4.74 Å². The summed E-state index contributed by atoms with van der Waals surface area (Å²) in [5, 5.41) is 10.1. The van der Waals surface area contributed by atoms with Gasteiger partial charge in [0.25, 0.3) is 0 Å². The topological polar surface area (TPSA) is 49.9 Å². The lowest BCUT2D eigenvalue weighted by atomic mass is 9.86. The fourth-order valence-corrected chi connectivity index (χ4v) is 2.08. The molecule has 4 heteroatoms. The molecule has 1 saturated heterocycles. The second-order valence-corrected chi connectivity index (χ2v) is 3.92. The van der Waals surface area contributed by atoms with Gasteiger partial charge in [0.15, 0.2) is 0 Å². The van der Waals surface area contributed by atoms with Gasteiger partial charge in [-0.2, -0.15) is 5.10 Å². The standard InChI is InChI=1S/C10H17N3O/c1-14-10(2-4-11-5-3-10)6-9-7-12-13-8-9/h7-8,11H,2-6H2,1H3,(H,12,13). The molecule has 2 rings (SSSR count). The van der Waals surface area contributed by atoms with Crippen molar-refractivity contribution >= 4 is 0 Å². The molecule has 0 aromatic carbocycles. The molecule has 0 amide bonds. The Morgan fingerprint density at radius 2 is 2.29 bits per heavy atom. The van der Waals surface area contributed by atoms with Crippen molar-refractivity contribution in [3.05, 3.63) is 18.0 Å². The summed E-state index contributed by atoms with van der Waals surface area (Å²) in [5.74, 6) is 0. The highest BCUT2D eigenvalue weighted by Crippen LogP contribution is 2.26. The normalized spacial score (nSPS) is 20.9. The quantitative estimate of drug-likeness (QED) is 0.747. The number of piperidine rings is 1. The summed E-state index contributed by atoms with van der Waals surface area (Å²) in [6.07, 6.45) is 6.94. The number of hydrogen-bond donors (Lipinski definition) is 2. The smallest absolute Gasteiger partial charge is 0.0744 e. The molecule has 0 spiro atoms. The zero-order valence-electron chi connectivity index (χ0n) is 8.55. The molecule has 0 bridgehead atoms. The van der Waals surface area contributed by atoms with Gasteiger partial charge in [0, 0.05) is 19.7 Å². The molecule has 1 aromatic heterocycles. The maximum atomic E-state index is 5.67. The second kappa shape index (κ2) is 4.11. The van der Waals surface area contributed by atoms with Gasteiger partial charge in [-0.05, 0) is 31.5 Å². The van der Waals surface area contributed by atoms with Crippen molar-refractivity contribution in [2.24, 2.45) is 0 Å². The molecule has 1 aliphatic rings. The lowest BCUT2D eigenvalue weighted by molar-refractivity contribution is -0.0333. The first-order chi connectivity index (χ1) is 6.85. The van der Waals surface area contributed by atoms with Crippen molar-refractivity contribution in [2.75, 3.05) is 20.2 Å². The molecule has 0 unspecified atom stereocenters. The Balaban J connectivity index is 2.04. The average Bonchev–Trinajstić information content (AvgIpc) is 2.72. The average molecular weight is 195 g/mol. The predicted molar refractivity (Wildman–Crippen MR) is 54.1 cm³/mol. The van der Waals surface area contributed by atoms with Crippen LogP contribution in [0.5, 0.6) is 0 Å². The van der Waals surface area contributed by atoms with Gasteiger partial charge in [0.1, 0.15) is 0 Å². The summed E-state index contributed by atoms with van der Waals surface area (Å²) in [4.78, 5) is 0. The van der Waals surface area contributed by atoms with E-state index in [9.17, 15) is 0 Å². The van der Waals surface area contributed by atoms with Gasteiger partial charge < -0.3 is 10.1 Å². The first-order valence-corrected chi connectivity index (χ1v) is 5.08. The molecular weight excluding hydrogens is 178 g/mol. The maximum absolute atomic E-state index is 5.67. The van der Waals surface area contributed by atoms with E-state index in [4.69, 9.17) is 4.74 Å². The molecule has 0 saturated carbocycles. The Morgan fingerprint density at radius 3 is 2.86 bits per heavy atom. The molecule has 1 fully saturated rings. The van der Waals surface area contributed by atoms with Gasteiger partial charge in [-0.15, -0.1) is 0 Å². The molecular formula is C10H17N3O. The van der Waals surface area contributed by atoms with Crippen LogP contribution in [0.4, 0.5) is 0 Å². The van der Waals surface area contributed by atoms with Crippen molar-refractivity contribution in [3.63, 3.8) is 0 Å². The van der Waals surface area contributed by atoms with E-state index in [1.165, 1.54) is 5.56 Å². The highest BCUT2D eigenvalue weighted by atomic mass is 16.5. The number of hydrogen-bond acceptors (Lipinski definition) is 3. The van der Waals surface area contributed by atoms with Crippen molar-refractivity contribution in [2.45, 2.75) is 24.9 Å². The molecule has 0 radical (unpaired) electrons. The molecule has 2 heterocycles. The van der Waals surface area contributed by atoms with Gasteiger partial charge >= 0.3 is 0 Å². The lowest BCUT2D eigenvalue weighted by Gasteiger charge is -2.36. The van der Waals surface area contributed by atoms with Gasteiger partial charge in [-0.25, -0.2) is 0 Å². The molecule has 4 nitrogen and oxygen atoms in total. The summed E-state index contributed by atoms with van der Waals surface area (Å²) in [7, 11) is 1.81. The summed E-state index contributed by atoms with van der Waals surface area (Å²) < 4.78 is 5.67. The van der Waals surface area contributed by atoms with Crippen molar-refractivity contribution in [1.29, 1.82) is 0 Å². The fourth-order valence-electron chi connectivity index (χ4n) is 2.08.